The van der Waals surface area contributed by atoms with E-state index in [4.69, 9.17) is 23.7 Å². The topological polar surface area (TPSA) is 133 Å². The predicted molar refractivity (Wildman–Crippen MR) is 144 cm³/mol. The van der Waals surface area contributed by atoms with Crippen LogP contribution in [0.1, 0.15) is 23.2 Å². The van der Waals surface area contributed by atoms with Crippen LogP contribution in [0.5, 0.6) is 17.2 Å². The number of esters is 1. The number of benzene rings is 1. The second-order valence-corrected chi connectivity index (χ2v) is 10.0. The first kappa shape index (κ1) is 29.5. The molecule has 1 aliphatic heterocycles. The number of imidazole rings is 1. The van der Waals surface area contributed by atoms with Gasteiger partial charge in [0.2, 0.25) is 0 Å². The number of halogens is 2. The Bertz CT molecular complexity index is 1430. The van der Waals surface area contributed by atoms with Gasteiger partial charge in [0.05, 0.1) is 32.7 Å². The Kier molecular flexibility index (Phi) is 9.04. The van der Waals surface area contributed by atoms with Gasteiger partial charge in [0, 0.05) is 43.5 Å². The summed E-state index contributed by atoms with van der Waals surface area (Å²) in [6.45, 7) is -1.63. The normalized spacial score (nSPS) is 18.1. The molecule has 0 bridgehead atoms. The number of morpholine rings is 1. The number of aliphatic hydroxyl groups excluding tert-OH is 1. The lowest BCUT2D eigenvalue weighted by molar-refractivity contribution is -0.160. The molecular weight excluding hydrogens is 558 g/mol. The minimum absolute atomic E-state index is 0.000103. The van der Waals surface area contributed by atoms with E-state index in [1.54, 1.807) is 35.0 Å². The molecule has 2 atom stereocenters. The van der Waals surface area contributed by atoms with Crippen molar-refractivity contribution in [3.63, 3.8) is 0 Å². The van der Waals surface area contributed by atoms with Gasteiger partial charge in [-0.25, -0.2) is 9.78 Å². The van der Waals surface area contributed by atoms with Gasteiger partial charge in [-0.1, -0.05) is 0 Å². The summed E-state index contributed by atoms with van der Waals surface area (Å²) in [7, 11) is 2.65. The molecule has 2 fully saturated rings. The quantitative estimate of drug-likeness (QED) is 0.302. The molecule has 14 heteroatoms. The van der Waals surface area contributed by atoms with E-state index < -0.39 is 30.7 Å². The summed E-state index contributed by atoms with van der Waals surface area (Å²) in [5.41, 5.74) is 1.37. The highest BCUT2D eigenvalue weighted by atomic mass is 19.3. The molecule has 2 aromatic heterocycles. The highest BCUT2D eigenvalue weighted by molar-refractivity contribution is 6.01. The second kappa shape index (κ2) is 12.9. The second-order valence-electron chi connectivity index (χ2n) is 10.0. The number of aromatic nitrogens is 2. The van der Waals surface area contributed by atoms with Crippen molar-refractivity contribution in [3.05, 3.63) is 42.2 Å². The first-order chi connectivity index (χ1) is 20.2. The summed E-state index contributed by atoms with van der Waals surface area (Å²) in [5.74, 6) is -0.762. The average Bonchev–Trinajstić information content (AvgIpc) is 3.69. The molecule has 1 aliphatic carbocycles. The Labute approximate surface area is 240 Å². The molecule has 12 nitrogen and oxygen atoms in total. The first-order valence-electron chi connectivity index (χ1n) is 13.4. The van der Waals surface area contributed by atoms with Gasteiger partial charge >= 0.3 is 12.6 Å². The molecular formula is C28H32F2N4O8. The van der Waals surface area contributed by atoms with Crippen LogP contribution < -0.4 is 19.5 Å². The number of ether oxygens (including phenoxy) is 5. The van der Waals surface area contributed by atoms with Gasteiger partial charge in [-0.3, -0.25) is 14.1 Å². The van der Waals surface area contributed by atoms with Crippen LogP contribution in [0.15, 0.2) is 36.7 Å². The van der Waals surface area contributed by atoms with Gasteiger partial charge in [-0.15, -0.1) is 0 Å². The highest BCUT2D eigenvalue weighted by Crippen LogP contribution is 2.37. The minimum Gasteiger partial charge on any atom is -0.496 e. The van der Waals surface area contributed by atoms with Gasteiger partial charge in [0.25, 0.3) is 5.91 Å². The summed E-state index contributed by atoms with van der Waals surface area (Å²) >= 11 is 0. The van der Waals surface area contributed by atoms with Crippen LogP contribution in [0, 0.1) is 0 Å². The lowest BCUT2D eigenvalue weighted by atomic mass is 10.1. The van der Waals surface area contributed by atoms with Crippen LogP contribution in [-0.4, -0.2) is 103 Å². The molecule has 1 amide bonds. The molecule has 5 rings (SSSR count). The largest absolute Gasteiger partial charge is 0.496 e. The lowest BCUT2D eigenvalue weighted by Crippen LogP contribution is -2.49. The smallest absolute Gasteiger partial charge is 0.387 e. The molecule has 0 spiro atoms. The molecule has 2 aliphatic rings. The Morgan fingerprint density at radius 1 is 1.21 bits per heavy atom. The van der Waals surface area contributed by atoms with Gasteiger partial charge in [-0.2, -0.15) is 8.78 Å². The van der Waals surface area contributed by atoms with Crippen molar-refractivity contribution in [2.75, 3.05) is 47.1 Å². The monoisotopic (exact) mass is 590 g/mol. The van der Waals surface area contributed by atoms with Gasteiger partial charge in [0.15, 0.2) is 6.10 Å². The number of nitrogens with one attached hydrogen (secondary N) is 1. The number of methoxy groups -OCH3 is 2. The summed E-state index contributed by atoms with van der Waals surface area (Å²) in [5, 5.41) is 13.3. The van der Waals surface area contributed by atoms with Crippen LogP contribution >= 0.6 is 0 Å². The van der Waals surface area contributed by atoms with Crippen molar-refractivity contribution in [2.24, 2.45) is 0 Å². The number of carbonyl (C=O) groups is 2. The van der Waals surface area contributed by atoms with E-state index in [-0.39, 0.29) is 36.3 Å². The zero-order valence-corrected chi connectivity index (χ0v) is 23.1. The van der Waals surface area contributed by atoms with Crippen LogP contribution in [0.3, 0.4) is 0 Å². The van der Waals surface area contributed by atoms with E-state index in [1.807, 2.05) is 4.90 Å². The van der Waals surface area contributed by atoms with Gasteiger partial charge in [-0.05, 0) is 31.0 Å². The SMILES string of the molecule is COC(=O)[C@@H]1CN(CC(O)COc2ccn3c(-c4cc(OC)c(C(=O)NC5CC5)c(OC(F)F)c4)cnc3c2)CCO1. The molecule has 1 unspecified atom stereocenters. The van der Waals surface area contributed by atoms with Gasteiger partial charge < -0.3 is 34.1 Å². The van der Waals surface area contributed by atoms with Crippen molar-refractivity contribution in [3.8, 4) is 28.5 Å². The lowest BCUT2D eigenvalue weighted by Gasteiger charge is -2.32. The molecule has 3 aromatic rings. The minimum atomic E-state index is -3.15. The van der Waals surface area contributed by atoms with E-state index in [9.17, 15) is 23.5 Å². The standard InChI is InChI=1S/C28H32F2N4O8/c1-38-21-9-16(10-22(42-28(29)30)25(21)26(36)32-17-3-4-17)20-12-31-24-11-19(5-6-34(20)24)41-15-18(35)13-33-7-8-40-23(14-33)27(37)39-2/h5-6,9-12,17-18,23,28,35H,3-4,7-8,13-15H2,1-2H3,(H,32,36)/t18?,23-/m0/s1. The van der Waals surface area contributed by atoms with E-state index in [1.165, 1.54) is 20.3 Å². The summed E-state index contributed by atoms with van der Waals surface area (Å²) in [6.07, 6.45) is 3.38. The first-order valence-corrected chi connectivity index (χ1v) is 13.4. The Morgan fingerprint density at radius 3 is 2.71 bits per heavy atom. The fourth-order valence-corrected chi connectivity index (χ4v) is 4.75. The maximum Gasteiger partial charge on any atom is 0.387 e. The number of amides is 1. The number of hydrogen-bond donors (Lipinski definition) is 2. The molecule has 2 N–H and O–H groups in total. The molecule has 1 aromatic carbocycles. The summed E-state index contributed by atoms with van der Waals surface area (Å²) in [6, 6.07) is 6.29. The number of pyridine rings is 1. The number of β-amino-alcohol motifs (C(OH)–C–C–N with tert-alkyl or cyclic N) is 1. The number of carbonyl (C=O) groups excluding carboxylic acids is 2. The van der Waals surface area contributed by atoms with Crippen LogP contribution in [-0.2, 0) is 14.3 Å². The number of fused-ring (bicyclic) bond motifs is 1. The summed E-state index contributed by atoms with van der Waals surface area (Å²) < 4.78 is 54.4. The maximum absolute atomic E-state index is 13.3. The Hall–Kier alpha value is -4.01. The van der Waals surface area contributed by atoms with E-state index in [0.29, 0.717) is 42.4 Å². The number of aliphatic hydroxyl groups is 1. The zero-order valence-electron chi connectivity index (χ0n) is 23.1. The summed E-state index contributed by atoms with van der Waals surface area (Å²) in [4.78, 5) is 30.9. The van der Waals surface area contributed by atoms with Crippen molar-refractivity contribution < 1.29 is 47.2 Å². The Balaban J connectivity index is 1.29. The molecule has 3 heterocycles. The number of nitrogens with zero attached hydrogens (tertiary/aromatic N) is 3. The van der Waals surface area contributed by atoms with Crippen molar-refractivity contribution >= 4 is 17.5 Å². The van der Waals surface area contributed by atoms with Crippen molar-refractivity contribution in [1.29, 1.82) is 0 Å². The fourth-order valence-electron chi connectivity index (χ4n) is 4.75. The van der Waals surface area contributed by atoms with Crippen molar-refractivity contribution in [1.82, 2.24) is 19.6 Å². The maximum atomic E-state index is 13.3. The highest BCUT2D eigenvalue weighted by Gasteiger charge is 2.30. The van der Waals surface area contributed by atoms with Crippen LogP contribution in [0.4, 0.5) is 8.78 Å². The molecule has 42 heavy (non-hydrogen) atoms. The van der Waals surface area contributed by atoms with Crippen LogP contribution in [0.2, 0.25) is 0 Å². The number of hydrogen-bond acceptors (Lipinski definition) is 10. The number of alkyl halides is 2. The molecule has 1 saturated carbocycles. The van der Waals surface area contributed by atoms with Crippen LogP contribution in [0.25, 0.3) is 16.9 Å². The Morgan fingerprint density at radius 2 is 2.00 bits per heavy atom. The van der Waals surface area contributed by atoms with E-state index >= 15 is 0 Å². The average molecular weight is 591 g/mol. The third-order valence-electron chi connectivity index (χ3n) is 6.95. The molecule has 226 valence electrons. The molecule has 0 radical (unpaired) electrons. The molecule has 1 saturated heterocycles. The predicted octanol–water partition coefficient (Wildman–Crippen LogP) is 2.12. The van der Waals surface area contributed by atoms with Crippen molar-refractivity contribution in [2.45, 2.75) is 37.7 Å². The zero-order chi connectivity index (χ0) is 29.8. The fraction of sp³-hybridized carbons (Fsp3) is 0.464. The third-order valence-corrected chi connectivity index (χ3v) is 6.95. The third kappa shape index (κ3) is 6.89. The van der Waals surface area contributed by atoms with E-state index in [2.05, 4.69) is 10.3 Å². The number of rotatable bonds is 12. The van der Waals surface area contributed by atoms with Gasteiger partial charge in [0.1, 0.15) is 41.2 Å². The van der Waals surface area contributed by atoms with E-state index in [0.717, 1.165) is 12.8 Å².